The van der Waals surface area contributed by atoms with E-state index in [1.807, 2.05) is 0 Å². The number of non-ortho nitro benzene ring substituents is 1. The molecule has 0 atom stereocenters. The van der Waals surface area contributed by atoms with Crippen LogP contribution in [0.5, 0.6) is 0 Å². The fourth-order valence-electron chi connectivity index (χ4n) is 1.28. The van der Waals surface area contributed by atoms with E-state index >= 15 is 0 Å². The summed E-state index contributed by atoms with van der Waals surface area (Å²) >= 11 is 0. The van der Waals surface area contributed by atoms with E-state index < -0.39 is 14.9 Å². The summed E-state index contributed by atoms with van der Waals surface area (Å²) in [5, 5.41) is 10.4. The lowest BCUT2D eigenvalue weighted by Gasteiger charge is -2.05. The molecule has 0 aliphatic heterocycles. The smallest absolute Gasteiger partial charge is 0.258 e. The first-order valence-corrected chi connectivity index (χ1v) is 6.80. The summed E-state index contributed by atoms with van der Waals surface area (Å²) in [6.07, 6.45) is 3.10. The number of benzene rings is 1. The van der Waals surface area contributed by atoms with Gasteiger partial charge in [0, 0.05) is 18.7 Å². The molecule has 1 aromatic rings. The molecule has 0 saturated heterocycles. The number of nitrogens with one attached hydrogen (secondary N) is 1. The lowest BCUT2D eigenvalue weighted by Crippen LogP contribution is -2.24. The third kappa shape index (κ3) is 3.94. The summed E-state index contributed by atoms with van der Waals surface area (Å²) in [5.41, 5.74) is -0.138. The summed E-state index contributed by atoms with van der Waals surface area (Å²) in [6.45, 7) is 3.85. The summed E-state index contributed by atoms with van der Waals surface area (Å²) in [5.74, 6) is 0. The van der Waals surface area contributed by atoms with Crippen molar-refractivity contribution in [1.29, 1.82) is 0 Å². The van der Waals surface area contributed by atoms with Crippen molar-refractivity contribution >= 4 is 15.7 Å². The molecule has 1 aromatic carbocycles. The normalized spacial score (nSPS) is 11.1. The molecular formula is C11H14N2O4S. The van der Waals surface area contributed by atoms with Gasteiger partial charge in [0.25, 0.3) is 5.69 Å². The molecule has 1 N–H and O–H groups in total. The van der Waals surface area contributed by atoms with E-state index in [9.17, 15) is 18.5 Å². The monoisotopic (exact) mass is 270 g/mol. The minimum Gasteiger partial charge on any atom is -0.258 e. The standard InChI is InChI=1S/C11H14N2O4S/c1-2-3-4-9-12-18(16,17)11-7-5-10(6-8-11)13(14)15/h2,5-8,12H,1,3-4,9H2. The van der Waals surface area contributed by atoms with Crippen molar-refractivity contribution < 1.29 is 13.3 Å². The van der Waals surface area contributed by atoms with E-state index in [0.29, 0.717) is 13.0 Å². The van der Waals surface area contributed by atoms with Crippen molar-refractivity contribution in [2.45, 2.75) is 17.7 Å². The van der Waals surface area contributed by atoms with Crippen LogP contribution in [0.1, 0.15) is 12.8 Å². The highest BCUT2D eigenvalue weighted by molar-refractivity contribution is 7.89. The Morgan fingerprint density at radius 3 is 2.44 bits per heavy atom. The number of sulfonamides is 1. The van der Waals surface area contributed by atoms with Gasteiger partial charge in [-0.15, -0.1) is 6.58 Å². The van der Waals surface area contributed by atoms with Gasteiger partial charge in [0.2, 0.25) is 10.0 Å². The van der Waals surface area contributed by atoms with Gasteiger partial charge in [-0.05, 0) is 25.0 Å². The highest BCUT2D eigenvalue weighted by Gasteiger charge is 2.14. The van der Waals surface area contributed by atoms with E-state index in [2.05, 4.69) is 11.3 Å². The van der Waals surface area contributed by atoms with Crippen LogP contribution in [0.4, 0.5) is 5.69 Å². The zero-order valence-electron chi connectivity index (χ0n) is 9.70. The Labute approximate surface area is 106 Å². The van der Waals surface area contributed by atoms with E-state index in [4.69, 9.17) is 0 Å². The van der Waals surface area contributed by atoms with Crippen LogP contribution < -0.4 is 4.72 Å². The number of nitro groups is 1. The van der Waals surface area contributed by atoms with E-state index in [1.165, 1.54) is 12.1 Å². The van der Waals surface area contributed by atoms with Crippen LogP contribution in [0.15, 0.2) is 41.8 Å². The van der Waals surface area contributed by atoms with Crippen molar-refractivity contribution in [2.24, 2.45) is 0 Å². The summed E-state index contributed by atoms with van der Waals surface area (Å²) in [4.78, 5) is 9.88. The molecular weight excluding hydrogens is 256 g/mol. The Bertz CT molecular complexity index is 522. The van der Waals surface area contributed by atoms with Crippen LogP contribution in [0, 0.1) is 10.1 Å². The first-order chi connectivity index (χ1) is 8.47. The second kappa shape index (κ2) is 6.27. The van der Waals surface area contributed by atoms with E-state index in [0.717, 1.165) is 18.6 Å². The summed E-state index contributed by atoms with van der Waals surface area (Å²) < 4.78 is 26.0. The molecule has 0 bridgehead atoms. The molecule has 0 aromatic heterocycles. The Balaban J connectivity index is 2.72. The maximum absolute atomic E-state index is 11.8. The number of rotatable bonds is 7. The van der Waals surface area contributed by atoms with Gasteiger partial charge in [-0.3, -0.25) is 10.1 Å². The van der Waals surface area contributed by atoms with Gasteiger partial charge >= 0.3 is 0 Å². The average molecular weight is 270 g/mol. The SMILES string of the molecule is C=CCCCNS(=O)(=O)c1ccc([N+](=O)[O-])cc1. The molecule has 0 aliphatic rings. The van der Waals surface area contributed by atoms with Crippen LogP contribution in [0.3, 0.4) is 0 Å². The van der Waals surface area contributed by atoms with Crippen molar-refractivity contribution in [3.05, 3.63) is 47.0 Å². The maximum Gasteiger partial charge on any atom is 0.269 e. The minimum atomic E-state index is -3.59. The molecule has 0 fully saturated rings. The molecule has 0 saturated carbocycles. The molecule has 18 heavy (non-hydrogen) atoms. The molecule has 0 spiro atoms. The first-order valence-electron chi connectivity index (χ1n) is 5.32. The fraction of sp³-hybridized carbons (Fsp3) is 0.273. The number of nitrogens with zero attached hydrogens (tertiary/aromatic N) is 1. The number of hydrogen-bond acceptors (Lipinski definition) is 4. The Morgan fingerprint density at radius 2 is 1.94 bits per heavy atom. The molecule has 0 heterocycles. The van der Waals surface area contributed by atoms with Gasteiger partial charge in [0.1, 0.15) is 0 Å². The van der Waals surface area contributed by atoms with Crippen LogP contribution in [-0.2, 0) is 10.0 Å². The van der Waals surface area contributed by atoms with Crippen LogP contribution in [0.25, 0.3) is 0 Å². The third-order valence-electron chi connectivity index (χ3n) is 2.23. The first kappa shape index (κ1) is 14.3. The van der Waals surface area contributed by atoms with Crippen molar-refractivity contribution in [3.8, 4) is 0 Å². The third-order valence-corrected chi connectivity index (χ3v) is 3.71. The molecule has 0 aliphatic carbocycles. The number of allylic oxidation sites excluding steroid dienone is 1. The Hall–Kier alpha value is -1.73. The summed E-state index contributed by atoms with van der Waals surface area (Å²) in [6, 6.07) is 4.76. The molecule has 7 heteroatoms. The predicted octanol–water partition coefficient (Wildman–Crippen LogP) is 1.84. The largest absolute Gasteiger partial charge is 0.269 e. The van der Waals surface area contributed by atoms with Gasteiger partial charge in [-0.25, -0.2) is 13.1 Å². The van der Waals surface area contributed by atoms with Gasteiger partial charge < -0.3 is 0 Å². The molecule has 98 valence electrons. The predicted molar refractivity (Wildman–Crippen MR) is 67.7 cm³/mol. The van der Waals surface area contributed by atoms with Gasteiger partial charge in [0.05, 0.1) is 9.82 Å². The Morgan fingerprint density at radius 1 is 1.33 bits per heavy atom. The van der Waals surface area contributed by atoms with Crippen LogP contribution >= 0.6 is 0 Å². The minimum absolute atomic E-state index is 0.0201. The van der Waals surface area contributed by atoms with Crippen LogP contribution in [0.2, 0.25) is 0 Å². The van der Waals surface area contributed by atoms with Crippen LogP contribution in [-0.4, -0.2) is 19.9 Å². The topological polar surface area (TPSA) is 89.3 Å². The van der Waals surface area contributed by atoms with E-state index in [-0.39, 0.29) is 10.6 Å². The number of unbranched alkanes of at least 4 members (excludes halogenated alkanes) is 1. The van der Waals surface area contributed by atoms with Gasteiger partial charge in [-0.1, -0.05) is 6.08 Å². The second-order valence-corrected chi connectivity index (χ2v) is 5.35. The zero-order chi connectivity index (χ0) is 13.6. The number of hydrogen-bond donors (Lipinski definition) is 1. The van der Waals surface area contributed by atoms with Crippen molar-refractivity contribution in [2.75, 3.05) is 6.54 Å². The second-order valence-electron chi connectivity index (χ2n) is 3.58. The van der Waals surface area contributed by atoms with Crippen molar-refractivity contribution in [1.82, 2.24) is 4.72 Å². The van der Waals surface area contributed by atoms with Crippen molar-refractivity contribution in [3.63, 3.8) is 0 Å². The van der Waals surface area contributed by atoms with Gasteiger partial charge in [0.15, 0.2) is 0 Å². The molecule has 0 radical (unpaired) electrons. The lowest BCUT2D eigenvalue weighted by molar-refractivity contribution is -0.384. The van der Waals surface area contributed by atoms with E-state index in [1.54, 1.807) is 6.08 Å². The van der Waals surface area contributed by atoms with Gasteiger partial charge in [-0.2, -0.15) is 0 Å². The fourth-order valence-corrected chi connectivity index (χ4v) is 2.36. The lowest BCUT2D eigenvalue weighted by atomic mass is 10.3. The molecule has 6 nitrogen and oxygen atoms in total. The highest BCUT2D eigenvalue weighted by Crippen LogP contribution is 2.15. The number of nitro benzene ring substituents is 1. The zero-order valence-corrected chi connectivity index (χ0v) is 10.5. The molecule has 0 unspecified atom stereocenters. The molecule has 0 amide bonds. The average Bonchev–Trinajstić information content (AvgIpc) is 2.35. The maximum atomic E-state index is 11.8. The molecule has 1 rings (SSSR count). The Kier molecular flexibility index (Phi) is 4.99. The summed E-state index contributed by atoms with van der Waals surface area (Å²) in [7, 11) is -3.59. The quantitative estimate of drug-likeness (QED) is 0.354. The highest BCUT2D eigenvalue weighted by atomic mass is 32.2.